The molecule has 0 saturated carbocycles. The summed E-state index contributed by atoms with van der Waals surface area (Å²) in [5, 5.41) is 19.1. The number of nitrogens with zero attached hydrogens (tertiary/aromatic N) is 2. The zero-order valence-electron chi connectivity index (χ0n) is 11.7. The lowest BCUT2D eigenvalue weighted by molar-refractivity contribution is 0.287. The highest BCUT2D eigenvalue weighted by atomic mass is 16.5. The number of phenols is 1. The molecule has 106 valence electrons. The van der Waals surface area contributed by atoms with E-state index in [1.54, 1.807) is 30.4 Å². The van der Waals surface area contributed by atoms with Crippen molar-refractivity contribution in [2.45, 2.75) is 13.0 Å². The minimum Gasteiger partial charge on any atom is -0.504 e. The standard InChI is InChI=1S/C16H20N2O2/c1-4-9-18(10-5-2)14(12-17)13-7-8-15(19)16(11-13)20-6-3/h4-5,7-8,11,14,19H,1-2,6,9-10H2,3H3. The van der Waals surface area contributed by atoms with E-state index in [4.69, 9.17) is 4.74 Å². The van der Waals surface area contributed by atoms with Gasteiger partial charge in [-0.3, -0.25) is 4.90 Å². The lowest BCUT2D eigenvalue weighted by Crippen LogP contribution is -2.28. The molecule has 20 heavy (non-hydrogen) atoms. The van der Waals surface area contributed by atoms with Crippen LogP contribution in [0.3, 0.4) is 0 Å². The van der Waals surface area contributed by atoms with Gasteiger partial charge in [0.25, 0.3) is 0 Å². The molecule has 0 aliphatic heterocycles. The second-order valence-electron chi connectivity index (χ2n) is 4.22. The van der Waals surface area contributed by atoms with Gasteiger partial charge in [-0.25, -0.2) is 0 Å². The molecule has 1 atom stereocenters. The van der Waals surface area contributed by atoms with Gasteiger partial charge in [0, 0.05) is 13.1 Å². The van der Waals surface area contributed by atoms with Gasteiger partial charge in [-0.1, -0.05) is 18.2 Å². The topological polar surface area (TPSA) is 56.5 Å². The molecule has 0 fully saturated rings. The summed E-state index contributed by atoms with van der Waals surface area (Å²) in [5.74, 6) is 0.466. The van der Waals surface area contributed by atoms with E-state index in [9.17, 15) is 10.4 Å². The minimum absolute atomic E-state index is 0.0753. The van der Waals surface area contributed by atoms with Crippen molar-refractivity contribution in [3.05, 3.63) is 49.1 Å². The van der Waals surface area contributed by atoms with Crippen LogP contribution in [0.15, 0.2) is 43.5 Å². The zero-order valence-corrected chi connectivity index (χ0v) is 11.7. The first-order valence-corrected chi connectivity index (χ1v) is 6.49. The van der Waals surface area contributed by atoms with Crippen LogP contribution in [0.1, 0.15) is 18.5 Å². The van der Waals surface area contributed by atoms with Gasteiger partial charge in [-0.15, -0.1) is 13.2 Å². The largest absolute Gasteiger partial charge is 0.504 e. The monoisotopic (exact) mass is 272 g/mol. The summed E-state index contributed by atoms with van der Waals surface area (Å²) in [6, 6.07) is 6.80. The van der Waals surface area contributed by atoms with Crippen molar-refractivity contribution in [3.8, 4) is 17.6 Å². The summed E-state index contributed by atoms with van der Waals surface area (Å²) < 4.78 is 5.35. The quantitative estimate of drug-likeness (QED) is 0.739. The molecule has 0 saturated heterocycles. The second-order valence-corrected chi connectivity index (χ2v) is 4.22. The van der Waals surface area contributed by atoms with Crippen LogP contribution < -0.4 is 4.74 Å². The van der Waals surface area contributed by atoms with Crippen molar-refractivity contribution in [1.82, 2.24) is 4.90 Å². The molecule has 1 N–H and O–H groups in total. The van der Waals surface area contributed by atoms with Gasteiger partial charge in [-0.05, 0) is 24.6 Å². The van der Waals surface area contributed by atoms with Crippen LogP contribution in [0.4, 0.5) is 0 Å². The van der Waals surface area contributed by atoms with Crippen molar-refractivity contribution < 1.29 is 9.84 Å². The Hall–Kier alpha value is -2.25. The average Bonchev–Trinajstić information content (AvgIpc) is 2.44. The third kappa shape index (κ3) is 3.87. The molecule has 4 heteroatoms. The first-order valence-electron chi connectivity index (χ1n) is 6.49. The fourth-order valence-corrected chi connectivity index (χ4v) is 1.96. The number of hydrogen-bond donors (Lipinski definition) is 1. The lowest BCUT2D eigenvalue weighted by Gasteiger charge is -2.25. The van der Waals surface area contributed by atoms with E-state index < -0.39 is 6.04 Å². The summed E-state index contributed by atoms with van der Waals surface area (Å²) in [6.07, 6.45) is 3.50. The number of hydrogen-bond acceptors (Lipinski definition) is 4. The molecule has 0 spiro atoms. The maximum atomic E-state index is 9.71. The fraction of sp³-hybridized carbons (Fsp3) is 0.312. The second kappa shape index (κ2) is 8.03. The van der Waals surface area contributed by atoms with E-state index >= 15 is 0 Å². The highest BCUT2D eigenvalue weighted by Gasteiger charge is 2.19. The minimum atomic E-state index is -0.439. The number of aromatic hydroxyl groups is 1. The summed E-state index contributed by atoms with van der Waals surface area (Å²) in [5.41, 5.74) is 0.775. The van der Waals surface area contributed by atoms with E-state index in [-0.39, 0.29) is 5.75 Å². The first-order chi connectivity index (χ1) is 9.67. The maximum absolute atomic E-state index is 9.71. The van der Waals surface area contributed by atoms with Crippen LogP contribution in [0, 0.1) is 11.3 Å². The third-order valence-electron chi connectivity index (χ3n) is 2.81. The van der Waals surface area contributed by atoms with Crippen LogP contribution >= 0.6 is 0 Å². The Morgan fingerprint density at radius 3 is 2.55 bits per heavy atom. The summed E-state index contributed by atoms with van der Waals surface area (Å²) in [6.45, 7) is 10.9. The van der Waals surface area contributed by atoms with E-state index in [0.717, 1.165) is 5.56 Å². The third-order valence-corrected chi connectivity index (χ3v) is 2.81. The number of phenolic OH excluding ortho intramolecular Hbond substituents is 1. The smallest absolute Gasteiger partial charge is 0.161 e. The highest BCUT2D eigenvalue weighted by Crippen LogP contribution is 2.31. The molecule has 0 heterocycles. The molecule has 0 amide bonds. The molecule has 1 unspecified atom stereocenters. The predicted octanol–water partition coefficient (Wildman–Crippen LogP) is 3.03. The van der Waals surface area contributed by atoms with Crippen LogP contribution in [-0.4, -0.2) is 29.7 Å². The molecule has 1 rings (SSSR count). The van der Waals surface area contributed by atoms with Gasteiger partial charge in [0.1, 0.15) is 6.04 Å². The van der Waals surface area contributed by atoms with Gasteiger partial charge in [0.2, 0.25) is 0 Å². The Balaban J connectivity index is 3.10. The van der Waals surface area contributed by atoms with Crippen molar-refractivity contribution in [2.24, 2.45) is 0 Å². The van der Waals surface area contributed by atoms with Gasteiger partial charge in [-0.2, -0.15) is 5.26 Å². The molecular formula is C16H20N2O2. The summed E-state index contributed by atoms with van der Waals surface area (Å²) in [7, 11) is 0. The molecule has 0 aromatic heterocycles. The Morgan fingerprint density at radius 2 is 2.05 bits per heavy atom. The molecule has 1 aromatic carbocycles. The first kappa shape index (κ1) is 15.8. The number of ether oxygens (including phenoxy) is 1. The molecule has 0 bridgehead atoms. The number of nitriles is 1. The van der Waals surface area contributed by atoms with E-state index in [1.807, 2.05) is 11.8 Å². The molecule has 0 radical (unpaired) electrons. The zero-order chi connectivity index (χ0) is 15.0. The van der Waals surface area contributed by atoms with Crippen LogP contribution in [0.25, 0.3) is 0 Å². The van der Waals surface area contributed by atoms with Crippen LogP contribution in [0.2, 0.25) is 0 Å². The molecule has 0 aliphatic carbocycles. The van der Waals surface area contributed by atoms with E-state index in [2.05, 4.69) is 19.2 Å². The van der Waals surface area contributed by atoms with Gasteiger partial charge in [0.15, 0.2) is 11.5 Å². The van der Waals surface area contributed by atoms with Gasteiger partial charge in [0.05, 0.1) is 12.7 Å². The van der Waals surface area contributed by atoms with E-state index in [0.29, 0.717) is 25.4 Å². The average molecular weight is 272 g/mol. The van der Waals surface area contributed by atoms with Crippen molar-refractivity contribution in [2.75, 3.05) is 19.7 Å². The molecule has 4 nitrogen and oxygen atoms in total. The fourth-order valence-electron chi connectivity index (χ4n) is 1.96. The SMILES string of the molecule is C=CCN(CC=C)C(C#N)c1ccc(O)c(OCC)c1. The van der Waals surface area contributed by atoms with Crippen LogP contribution in [-0.2, 0) is 0 Å². The molecule has 1 aromatic rings. The van der Waals surface area contributed by atoms with Crippen LogP contribution in [0.5, 0.6) is 11.5 Å². The van der Waals surface area contributed by atoms with Crippen molar-refractivity contribution in [1.29, 1.82) is 5.26 Å². The number of benzene rings is 1. The Bertz CT molecular complexity index is 496. The normalized spacial score (nSPS) is 11.7. The molecular weight excluding hydrogens is 252 g/mol. The van der Waals surface area contributed by atoms with Crippen molar-refractivity contribution in [3.63, 3.8) is 0 Å². The van der Waals surface area contributed by atoms with E-state index in [1.165, 1.54) is 0 Å². The Kier molecular flexibility index (Phi) is 6.34. The summed E-state index contributed by atoms with van der Waals surface area (Å²) >= 11 is 0. The Morgan fingerprint density at radius 1 is 1.40 bits per heavy atom. The number of rotatable bonds is 8. The Labute approximate surface area is 120 Å². The highest BCUT2D eigenvalue weighted by molar-refractivity contribution is 5.44. The summed E-state index contributed by atoms with van der Waals surface area (Å²) in [4.78, 5) is 1.93. The lowest BCUT2D eigenvalue weighted by atomic mass is 10.1. The molecule has 0 aliphatic rings. The van der Waals surface area contributed by atoms with Gasteiger partial charge >= 0.3 is 0 Å². The maximum Gasteiger partial charge on any atom is 0.161 e. The predicted molar refractivity (Wildman–Crippen MR) is 79.6 cm³/mol. The van der Waals surface area contributed by atoms with Gasteiger partial charge < -0.3 is 9.84 Å². The van der Waals surface area contributed by atoms with Crippen molar-refractivity contribution >= 4 is 0 Å².